The van der Waals surface area contributed by atoms with Gasteiger partial charge in [0.25, 0.3) is 11.8 Å². The van der Waals surface area contributed by atoms with Gasteiger partial charge in [-0.2, -0.15) is 0 Å². The zero-order valence-electron chi connectivity index (χ0n) is 21.9. The summed E-state index contributed by atoms with van der Waals surface area (Å²) in [5.74, 6) is -4.23. The molecule has 2 aromatic rings. The molecule has 1 saturated carbocycles. The molecule has 1 aliphatic heterocycles. The number of ketones is 1. The Bertz CT molecular complexity index is 1190. The van der Waals surface area contributed by atoms with Gasteiger partial charge in [-0.1, -0.05) is 45.2 Å². The molecule has 8 heteroatoms. The van der Waals surface area contributed by atoms with E-state index in [2.05, 4.69) is 5.32 Å². The van der Waals surface area contributed by atoms with Crippen LogP contribution in [0.4, 0.5) is 13.2 Å². The molecular formula is C30H35F3N2O3. The molecule has 0 bridgehead atoms. The highest BCUT2D eigenvalue weighted by atomic mass is 19.1. The molecule has 0 aromatic heterocycles. The quantitative estimate of drug-likeness (QED) is 0.477. The van der Waals surface area contributed by atoms with Crippen molar-refractivity contribution < 1.29 is 27.6 Å². The highest BCUT2D eigenvalue weighted by Crippen LogP contribution is 2.32. The number of likely N-dealkylation sites (tertiary alicyclic amines) is 1. The molecule has 204 valence electrons. The largest absolute Gasteiger partial charge is 0.342 e. The normalized spacial score (nSPS) is 19.3. The molecule has 1 aliphatic carbocycles. The first-order valence-corrected chi connectivity index (χ1v) is 13.5. The van der Waals surface area contributed by atoms with Gasteiger partial charge in [-0.05, 0) is 55.4 Å². The number of hydrogen-bond donors (Lipinski definition) is 1. The number of piperidine rings is 1. The summed E-state index contributed by atoms with van der Waals surface area (Å²) in [7, 11) is 0. The smallest absolute Gasteiger partial charge is 0.256 e. The lowest BCUT2D eigenvalue weighted by atomic mass is 9.80. The minimum Gasteiger partial charge on any atom is -0.342 e. The van der Waals surface area contributed by atoms with Gasteiger partial charge in [0.05, 0.1) is 17.2 Å². The Balaban J connectivity index is 1.53. The van der Waals surface area contributed by atoms with Crippen LogP contribution < -0.4 is 5.32 Å². The number of amides is 2. The summed E-state index contributed by atoms with van der Waals surface area (Å²) in [6, 6.07) is 6.77. The van der Waals surface area contributed by atoms with Crippen LogP contribution in [-0.4, -0.2) is 41.6 Å². The maximum atomic E-state index is 15.8. The van der Waals surface area contributed by atoms with Crippen molar-refractivity contribution in [3.63, 3.8) is 0 Å². The van der Waals surface area contributed by atoms with E-state index in [-0.39, 0.29) is 35.3 Å². The van der Waals surface area contributed by atoms with E-state index in [1.54, 1.807) is 26.0 Å². The fourth-order valence-electron chi connectivity index (χ4n) is 5.76. The van der Waals surface area contributed by atoms with Gasteiger partial charge < -0.3 is 10.2 Å². The summed E-state index contributed by atoms with van der Waals surface area (Å²) in [4.78, 5) is 40.6. The molecule has 38 heavy (non-hydrogen) atoms. The fourth-order valence-corrected chi connectivity index (χ4v) is 5.76. The van der Waals surface area contributed by atoms with Crippen LogP contribution in [0.15, 0.2) is 36.4 Å². The third kappa shape index (κ3) is 6.11. The van der Waals surface area contributed by atoms with Crippen molar-refractivity contribution in [3.8, 4) is 0 Å². The number of rotatable bonds is 7. The highest BCUT2D eigenvalue weighted by Gasteiger charge is 2.34. The molecule has 1 heterocycles. The minimum absolute atomic E-state index is 0.0404. The maximum absolute atomic E-state index is 15.8. The number of carbonyl (C=O) groups is 3. The SMILES string of the molecule is CC(C)C(=O)[C@H](NC(=O)c1cccc(C2CCCN(C(=O)c3ccc(F)cc3F)C2)c1F)C1CCCCC1. The number of carbonyl (C=O) groups excluding carboxylic acids is 3. The monoisotopic (exact) mass is 528 g/mol. The predicted octanol–water partition coefficient (Wildman–Crippen LogP) is 6.03. The van der Waals surface area contributed by atoms with E-state index in [0.717, 1.165) is 44.2 Å². The molecule has 0 radical (unpaired) electrons. The molecule has 4 rings (SSSR count). The molecule has 2 aromatic carbocycles. The van der Waals surface area contributed by atoms with Crippen molar-refractivity contribution in [1.82, 2.24) is 10.2 Å². The van der Waals surface area contributed by atoms with Gasteiger partial charge in [-0.25, -0.2) is 13.2 Å². The Kier molecular flexibility index (Phi) is 8.90. The number of halogens is 3. The van der Waals surface area contributed by atoms with Gasteiger partial charge in [0.2, 0.25) is 0 Å². The van der Waals surface area contributed by atoms with Gasteiger partial charge >= 0.3 is 0 Å². The zero-order valence-corrected chi connectivity index (χ0v) is 21.9. The number of nitrogens with one attached hydrogen (secondary N) is 1. The second-order valence-electron chi connectivity index (χ2n) is 10.8. The molecule has 2 amide bonds. The number of hydrogen-bond acceptors (Lipinski definition) is 3. The van der Waals surface area contributed by atoms with Gasteiger partial charge in [0.1, 0.15) is 17.5 Å². The average Bonchev–Trinajstić information content (AvgIpc) is 2.91. The van der Waals surface area contributed by atoms with E-state index in [1.165, 1.54) is 11.0 Å². The number of benzene rings is 2. The molecule has 1 N–H and O–H groups in total. The Morgan fingerprint density at radius 3 is 2.34 bits per heavy atom. The topological polar surface area (TPSA) is 66.5 Å². The van der Waals surface area contributed by atoms with E-state index in [9.17, 15) is 23.2 Å². The van der Waals surface area contributed by atoms with Crippen LogP contribution in [-0.2, 0) is 4.79 Å². The molecule has 5 nitrogen and oxygen atoms in total. The first-order chi connectivity index (χ1) is 18.2. The summed E-state index contributed by atoms with van der Waals surface area (Å²) in [5, 5.41) is 2.85. The van der Waals surface area contributed by atoms with Crippen LogP contribution in [0.2, 0.25) is 0 Å². The summed E-state index contributed by atoms with van der Waals surface area (Å²) < 4.78 is 43.3. The lowest BCUT2D eigenvalue weighted by Crippen LogP contribution is -2.48. The zero-order chi connectivity index (χ0) is 27.4. The summed E-state index contributed by atoms with van der Waals surface area (Å²) >= 11 is 0. The van der Waals surface area contributed by atoms with Crippen molar-refractivity contribution in [2.45, 2.75) is 70.8 Å². The van der Waals surface area contributed by atoms with Gasteiger partial charge in [0.15, 0.2) is 5.78 Å². The Labute approximate surface area is 221 Å². The Morgan fingerprint density at radius 2 is 1.66 bits per heavy atom. The van der Waals surface area contributed by atoms with Crippen molar-refractivity contribution in [1.29, 1.82) is 0 Å². The molecule has 1 unspecified atom stereocenters. The van der Waals surface area contributed by atoms with Crippen LogP contribution in [0, 0.1) is 29.3 Å². The molecule has 2 fully saturated rings. The van der Waals surface area contributed by atoms with Gasteiger partial charge in [-0.15, -0.1) is 0 Å². The first kappa shape index (κ1) is 27.9. The molecule has 0 spiro atoms. The second kappa shape index (κ2) is 12.1. The van der Waals surface area contributed by atoms with Crippen molar-refractivity contribution in [3.05, 3.63) is 70.5 Å². The van der Waals surface area contributed by atoms with Crippen molar-refractivity contribution in [2.24, 2.45) is 11.8 Å². The van der Waals surface area contributed by atoms with E-state index in [0.29, 0.717) is 31.0 Å². The van der Waals surface area contributed by atoms with Crippen LogP contribution in [0.3, 0.4) is 0 Å². The minimum atomic E-state index is -0.939. The second-order valence-corrected chi connectivity index (χ2v) is 10.8. The standard InChI is InChI=1S/C30H35F3N2O3/c1-18(2)28(36)27(19-8-4-3-5-9-19)34-29(37)24-12-6-11-22(26(24)33)20-10-7-15-35(17-20)30(38)23-14-13-21(31)16-25(23)32/h6,11-14,16,18-20,27H,3-5,7-10,15,17H2,1-2H3,(H,34,37)/t20?,27-/m1/s1. The molecule has 2 aliphatic rings. The van der Waals surface area contributed by atoms with Crippen molar-refractivity contribution in [2.75, 3.05) is 13.1 Å². The maximum Gasteiger partial charge on any atom is 0.256 e. The van der Waals surface area contributed by atoms with Gasteiger partial charge in [-0.3, -0.25) is 14.4 Å². The summed E-state index contributed by atoms with van der Waals surface area (Å²) in [6.45, 7) is 4.13. The third-order valence-corrected chi connectivity index (χ3v) is 7.87. The summed E-state index contributed by atoms with van der Waals surface area (Å²) in [5.41, 5.74) is -0.0590. The first-order valence-electron chi connectivity index (χ1n) is 13.5. The van der Waals surface area contributed by atoms with E-state index < -0.39 is 41.2 Å². The Hall–Kier alpha value is -3.16. The predicted molar refractivity (Wildman–Crippen MR) is 138 cm³/mol. The van der Waals surface area contributed by atoms with Crippen LogP contribution >= 0.6 is 0 Å². The Morgan fingerprint density at radius 1 is 0.921 bits per heavy atom. The summed E-state index contributed by atoms with van der Waals surface area (Å²) in [6.07, 6.45) is 5.99. The third-order valence-electron chi connectivity index (χ3n) is 7.87. The fraction of sp³-hybridized carbons (Fsp3) is 0.500. The highest BCUT2D eigenvalue weighted by molar-refractivity contribution is 5.99. The lowest BCUT2D eigenvalue weighted by Gasteiger charge is -2.33. The van der Waals surface area contributed by atoms with E-state index >= 15 is 4.39 Å². The van der Waals surface area contributed by atoms with E-state index in [4.69, 9.17) is 0 Å². The van der Waals surface area contributed by atoms with Crippen LogP contribution in [0.1, 0.15) is 91.0 Å². The average molecular weight is 529 g/mol. The molecule has 2 atom stereocenters. The van der Waals surface area contributed by atoms with Crippen LogP contribution in [0.5, 0.6) is 0 Å². The lowest BCUT2D eigenvalue weighted by molar-refractivity contribution is -0.125. The van der Waals surface area contributed by atoms with Gasteiger partial charge in [0, 0.05) is 31.0 Å². The molecular weight excluding hydrogens is 493 g/mol. The molecule has 1 saturated heterocycles. The number of nitrogens with zero attached hydrogens (tertiary/aromatic N) is 1. The van der Waals surface area contributed by atoms with Crippen LogP contribution in [0.25, 0.3) is 0 Å². The van der Waals surface area contributed by atoms with E-state index in [1.807, 2.05) is 0 Å². The van der Waals surface area contributed by atoms with Crippen molar-refractivity contribution >= 4 is 17.6 Å². The number of Topliss-reactive ketones (excluding diaryl/α,β-unsaturated/α-hetero) is 1.